The van der Waals surface area contributed by atoms with Gasteiger partial charge in [-0.2, -0.15) is 0 Å². The molecule has 0 fully saturated rings. The van der Waals surface area contributed by atoms with Gasteiger partial charge in [-0.15, -0.1) is 0 Å². The molecule has 0 N–H and O–H groups in total. The predicted molar refractivity (Wildman–Crippen MR) is 159 cm³/mol. The highest BCUT2D eigenvalue weighted by atomic mass is 15.1. The lowest BCUT2D eigenvalue weighted by molar-refractivity contribution is 1.30. The van der Waals surface area contributed by atoms with E-state index in [0.29, 0.717) is 0 Å². The van der Waals surface area contributed by atoms with Crippen molar-refractivity contribution in [2.75, 3.05) is 4.90 Å². The van der Waals surface area contributed by atoms with E-state index in [9.17, 15) is 0 Å². The quantitative estimate of drug-likeness (QED) is 0.231. The van der Waals surface area contributed by atoms with Crippen molar-refractivity contribution < 1.29 is 0 Å². The molecular weight excluding hydrogens is 446 g/mol. The second-order valence-electron chi connectivity index (χ2n) is 9.41. The van der Waals surface area contributed by atoms with Gasteiger partial charge < -0.3 is 4.90 Å². The molecule has 0 saturated carbocycles. The van der Waals surface area contributed by atoms with Crippen LogP contribution in [0.2, 0.25) is 0 Å². The molecule has 0 bridgehead atoms. The van der Waals surface area contributed by atoms with E-state index in [2.05, 4.69) is 157 Å². The largest absolute Gasteiger partial charge is 0.310 e. The fourth-order valence-corrected chi connectivity index (χ4v) is 5.49. The number of nitrogens with zero attached hydrogens (tertiary/aromatic N) is 1. The summed E-state index contributed by atoms with van der Waals surface area (Å²) in [5.41, 5.74) is 5.93. The maximum Gasteiger partial charge on any atom is 0.0540 e. The SMILES string of the molecule is c1ccc(N(c2ccc(-c3cc4ccccc4c4ccccc34)cc2)c2cccc3ccccc23)cc1. The molecule has 0 amide bonds. The van der Waals surface area contributed by atoms with Gasteiger partial charge in [-0.3, -0.25) is 0 Å². The summed E-state index contributed by atoms with van der Waals surface area (Å²) in [5.74, 6) is 0. The lowest BCUT2D eigenvalue weighted by atomic mass is 9.93. The summed E-state index contributed by atoms with van der Waals surface area (Å²) in [7, 11) is 0. The number of rotatable bonds is 4. The molecule has 1 heteroatoms. The summed E-state index contributed by atoms with van der Waals surface area (Å²) in [6.07, 6.45) is 0. The van der Waals surface area contributed by atoms with Gasteiger partial charge in [0.2, 0.25) is 0 Å². The van der Waals surface area contributed by atoms with E-state index in [-0.39, 0.29) is 0 Å². The molecule has 7 aromatic carbocycles. The van der Waals surface area contributed by atoms with Gasteiger partial charge >= 0.3 is 0 Å². The van der Waals surface area contributed by atoms with Crippen molar-refractivity contribution in [3.05, 3.63) is 152 Å². The van der Waals surface area contributed by atoms with Gasteiger partial charge in [-0.25, -0.2) is 0 Å². The number of para-hydroxylation sites is 1. The zero-order valence-corrected chi connectivity index (χ0v) is 20.4. The normalized spacial score (nSPS) is 11.2. The van der Waals surface area contributed by atoms with Gasteiger partial charge in [0, 0.05) is 16.8 Å². The Balaban J connectivity index is 1.40. The van der Waals surface area contributed by atoms with Crippen LogP contribution in [0.4, 0.5) is 17.1 Å². The third-order valence-corrected chi connectivity index (χ3v) is 7.23. The predicted octanol–water partition coefficient (Wildman–Crippen LogP) is 10.3. The van der Waals surface area contributed by atoms with Gasteiger partial charge in [-0.1, -0.05) is 115 Å². The average molecular weight is 472 g/mol. The molecule has 0 aliphatic rings. The Morgan fingerprint density at radius 1 is 0.351 bits per heavy atom. The number of hydrogen-bond donors (Lipinski definition) is 0. The monoisotopic (exact) mass is 471 g/mol. The fourth-order valence-electron chi connectivity index (χ4n) is 5.49. The molecule has 0 aromatic heterocycles. The number of hydrogen-bond acceptors (Lipinski definition) is 1. The average Bonchev–Trinajstić information content (AvgIpc) is 2.98. The Morgan fingerprint density at radius 3 is 1.70 bits per heavy atom. The van der Waals surface area contributed by atoms with Crippen LogP contribution in [0.3, 0.4) is 0 Å². The van der Waals surface area contributed by atoms with Crippen molar-refractivity contribution >= 4 is 49.4 Å². The molecule has 0 atom stereocenters. The summed E-state index contributed by atoms with van der Waals surface area (Å²) >= 11 is 0. The standard InChI is InChI=1S/C36H25N/c1-2-14-29(15-3-1)37(36-20-10-13-26-11-4-7-17-32(26)36)30-23-21-27(22-24-30)35-25-28-12-5-6-16-31(28)33-18-8-9-19-34(33)35/h1-25H. The molecular formula is C36H25N. The van der Waals surface area contributed by atoms with Crippen molar-refractivity contribution in [3.8, 4) is 11.1 Å². The minimum Gasteiger partial charge on any atom is -0.310 e. The van der Waals surface area contributed by atoms with Crippen molar-refractivity contribution in [1.82, 2.24) is 0 Å². The third-order valence-electron chi connectivity index (χ3n) is 7.23. The van der Waals surface area contributed by atoms with E-state index in [1.54, 1.807) is 0 Å². The van der Waals surface area contributed by atoms with E-state index >= 15 is 0 Å². The second kappa shape index (κ2) is 8.96. The highest BCUT2D eigenvalue weighted by Crippen LogP contribution is 2.40. The molecule has 174 valence electrons. The maximum atomic E-state index is 2.35. The lowest BCUT2D eigenvalue weighted by Gasteiger charge is -2.27. The van der Waals surface area contributed by atoms with Gasteiger partial charge in [-0.05, 0) is 74.5 Å². The molecule has 0 aliphatic heterocycles. The van der Waals surface area contributed by atoms with Crippen molar-refractivity contribution in [1.29, 1.82) is 0 Å². The fraction of sp³-hybridized carbons (Fsp3) is 0. The summed E-state index contributed by atoms with van der Waals surface area (Å²) in [6.45, 7) is 0. The van der Waals surface area contributed by atoms with Crippen molar-refractivity contribution in [2.45, 2.75) is 0 Å². The second-order valence-corrected chi connectivity index (χ2v) is 9.41. The summed E-state index contributed by atoms with van der Waals surface area (Å²) in [6, 6.07) is 54.4. The summed E-state index contributed by atoms with van der Waals surface area (Å²) in [4.78, 5) is 2.35. The Bertz CT molecular complexity index is 1860. The van der Waals surface area contributed by atoms with Gasteiger partial charge in [0.15, 0.2) is 0 Å². The number of fused-ring (bicyclic) bond motifs is 4. The third kappa shape index (κ3) is 3.73. The zero-order valence-electron chi connectivity index (χ0n) is 20.4. The van der Waals surface area contributed by atoms with Crippen LogP contribution >= 0.6 is 0 Å². The van der Waals surface area contributed by atoms with Crippen LogP contribution < -0.4 is 4.90 Å². The first-order chi connectivity index (χ1) is 18.4. The van der Waals surface area contributed by atoms with Crippen LogP contribution in [0.5, 0.6) is 0 Å². The topological polar surface area (TPSA) is 3.24 Å². The van der Waals surface area contributed by atoms with Gasteiger partial charge in [0.25, 0.3) is 0 Å². The first-order valence-corrected chi connectivity index (χ1v) is 12.7. The zero-order chi connectivity index (χ0) is 24.6. The summed E-state index contributed by atoms with van der Waals surface area (Å²) in [5, 5.41) is 7.61. The van der Waals surface area contributed by atoms with Crippen molar-refractivity contribution in [3.63, 3.8) is 0 Å². The first kappa shape index (κ1) is 21.4. The van der Waals surface area contributed by atoms with Crippen LogP contribution in [-0.4, -0.2) is 0 Å². The molecule has 0 aliphatic carbocycles. The highest BCUT2D eigenvalue weighted by Gasteiger charge is 2.15. The lowest BCUT2D eigenvalue weighted by Crippen LogP contribution is -2.10. The van der Waals surface area contributed by atoms with E-state index in [4.69, 9.17) is 0 Å². The minimum atomic E-state index is 1.14. The molecule has 0 heterocycles. The molecule has 0 radical (unpaired) electrons. The molecule has 37 heavy (non-hydrogen) atoms. The first-order valence-electron chi connectivity index (χ1n) is 12.7. The maximum absolute atomic E-state index is 2.35. The van der Waals surface area contributed by atoms with E-state index in [1.165, 1.54) is 49.1 Å². The van der Waals surface area contributed by atoms with Crippen LogP contribution in [-0.2, 0) is 0 Å². The smallest absolute Gasteiger partial charge is 0.0540 e. The molecule has 1 nitrogen and oxygen atoms in total. The number of benzene rings is 7. The molecule has 7 rings (SSSR count). The molecule has 7 aromatic rings. The number of anilines is 3. The van der Waals surface area contributed by atoms with E-state index in [0.717, 1.165) is 11.4 Å². The van der Waals surface area contributed by atoms with Gasteiger partial charge in [0.1, 0.15) is 0 Å². The van der Waals surface area contributed by atoms with E-state index < -0.39 is 0 Å². The van der Waals surface area contributed by atoms with Crippen LogP contribution in [0.15, 0.2) is 152 Å². The Labute approximate surface area is 216 Å². The van der Waals surface area contributed by atoms with Crippen molar-refractivity contribution in [2.24, 2.45) is 0 Å². The molecule has 0 spiro atoms. The van der Waals surface area contributed by atoms with Crippen LogP contribution in [0.25, 0.3) is 43.4 Å². The van der Waals surface area contributed by atoms with Gasteiger partial charge in [0.05, 0.1) is 5.69 Å². The minimum absolute atomic E-state index is 1.14. The highest BCUT2D eigenvalue weighted by molar-refractivity contribution is 6.13. The van der Waals surface area contributed by atoms with Crippen LogP contribution in [0.1, 0.15) is 0 Å². The Hall–Kier alpha value is -4.88. The Kier molecular flexibility index (Phi) is 5.19. The van der Waals surface area contributed by atoms with Crippen LogP contribution in [0, 0.1) is 0 Å². The van der Waals surface area contributed by atoms with E-state index in [1.807, 2.05) is 0 Å². The summed E-state index contributed by atoms with van der Waals surface area (Å²) < 4.78 is 0. The molecule has 0 unspecified atom stereocenters. The Morgan fingerprint density at radius 2 is 0.919 bits per heavy atom. The molecule has 0 saturated heterocycles.